The Balaban J connectivity index is 1.50. The van der Waals surface area contributed by atoms with Gasteiger partial charge < -0.3 is 10.1 Å². The van der Waals surface area contributed by atoms with Crippen LogP contribution in [0.3, 0.4) is 0 Å². The number of aromatic amines is 1. The molecule has 0 atom stereocenters. The first-order valence-electron chi connectivity index (χ1n) is 11.8. The molecule has 3 heterocycles. The van der Waals surface area contributed by atoms with E-state index in [2.05, 4.69) is 20.4 Å². The van der Waals surface area contributed by atoms with Gasteiger partial charge in [-0.2, -0.15) is 9.78 Å². The number of nitrogens with zero attached hydrogens (tertiary/aromatic N) is 3. The molecule has 0 fully saturated rings. The van der Waals surface area contributed by atoms with Crippen molar-refractivity contribution in [2.75, 3.05) is 11.9 Å². The molecule has 0 aliphatic heterocycles. The Morgan fingerprint density at radius 3 is 2.54 bits per heavy atom. The Morgan fingerprint density at radius 2 is 1.86 bits per heavy atom. The fourth-order valence-electron chi connectivity index (χ4n) is 3.94. The van der Waals surface area contributed by atoms with Crippen LogP contribution in [0.4, 0.5) is 5.82 Å². The molecule has 1 amide bonds. The van der Waals surface area contributed by atoms with E-state index in [4.69, 9.17) is 4.74 Å². The van der Waals surface area contributed by atoms with Gasteiger partial charge in [-0.1, -0.05) is 36.4 Å². The highest BCUT2D eigenvalue weighted by molar-refractivity contribution is 7.13. The lowest BCUT2D eigenvalue weighted by Gasteiger charge is -2.11. The zero-order chi connectivity index (χ0) is 25.8. The number of carbonyl (C=O) groups is 1. The van der Waals surface area contributed by atoms with Crippen LogP contribution in [0.2, 0.25) is 0 Å². The molecule has 0 bridgehead atoms. The smallest absolute Gasteiger partial charge is 0.256 e. The number of amides is 1. The topological polar surface area (TPSA) is 102 Å². The standard InChI is InChI=1S/C28H25N5O3S/c1-3-36-21-13-11-20(12-14-21)26(34)30-25-17-23(24-10-7-15-37-24)32-33(25)28-29-18(2)22(27(35)31-28)16-19-8-5-4-6-9-19/h4-15,17H,3,16H2,1-2H3,(H,30,34)(H,29,31,35). The Hall–Kier alpha value is -4.50. The van der Waals surface area contributed by atoms with Crippen molar-refractivity contribution in [2.24, 2.45) is 0 Å². The van der Waals surface area contributed by atoms with Crippen molar-refractivity contribution < 1.29 is 9.53 Å². The van der Waals surface area contributed by atoms with Gasteiger partial charge >= 0.3 is 0 Å². The summed E-state index contributed by atoms with van der Waals surface area (Å²) in [6.07, 6.45) is 0.468. The number of rotatable bonds is 8. The van der Waals surface area contributed by atoms with Crippen LogP contribution in [0.15, 0.2) is 83.0 Å². The van der Waals surface area contributed by atoms with Gasteiger partial charge in [0, 0.05) is 23.6 Å². The highest BCUT2D eigenvalue weighted by Gasteiger charge is 2.18. The number of aromatic nitrogens is 4. The van der Waals surface area contributed by atoms with Gasteiger partial charge in [0.25, 0.3) is 11.5 Å². The summed E-state index contributed by atoms with van der Waals surface area (Å²) in [6.45, 7) is 4.26. The minimum absolute atomic E-state index is 0.226. The number of benzene rings is 2. The van der Waals surface area contributed by atoms with Crippen LogP contribution >= 0.6 is 11.3 Å². The molecule has 2 aromatic carbocycles. The molecule has 0 aliphatic carbocycles. The summed E-state index contributed by atoms with van der Waals surface area (Å²) in [7, 11) is 0. The van der Waals surface area contributed by atoms with Gasteiger partial charge in [-0.25, -0.2) is 4.98 Å². The van der Waals surface area contributed by atoms with Crippen LogP contribution in [-0.4, -0.2) is 32.3 Å². The Labute approximate surface area is 217 Å². The van der Waals surface area contributed by atoms with E-state index in [0.29, 0.717) is 47.1 Å². The lowest BCUT2D eigenvalue weighted by molar-refractivity contribution is 0.102. The Bertz CT molecular complexity index is 1570. The maximum Gasteiger partial charge on any atom is 0.256 e. The summed E-state index contributed by atoms with van der Waals surface area (Å²) in [5.74, 6) is 0.989. The minimum atomic E-state index is -0.318. The monoisotopic (exact) mass is 511 g/mol. The van der Waals surface area contributed by atoms with Crippen molar-refractivity contribution in [3.05, 3.63) is 111 Å². The van der Waals surface area contributed by atoms with Crippen LogP contribution in [0.5, 0.6) is 5.75 Å². The molecule has 0 aliphatic rings. The summed E-state index contributed by atoms with van der Waals surface area (Å²) in [4.78, 5) is 34.6. The predicted octanol–water partition coefficient (Wildman–Crippen LogP) is 5.23. The molecule has 3 aromatic heterocycles. The number of hydrogen-bond donors (Lipinski definition) is 2. The van der Waals surface area contributed by atoms with Crippen molar-refractivity contribution in [3.63, 3.8) is 0 Å². The number of ether oxygens (including phenoxy) is 1. The molecule has 8 nitrogen and oxygen atoms in total. The van der Waals surface area contributed by atoms with E-state index < -0.39 is 0 Å². The number of H-pyrrole nitrogens is 1. The maximum atomic E-state index is 13.1. The molecule has 5 rings (SSSR count). The predicted molar refractivity (Wildman–Crippen MR) is 145 cm³/mol. The van der Waals surface area contributed by atoms with E-state index in [1.807, 2.05) is 54.8 Å². The highest BCUT2D eigenvalue weighted by atomic mass is 32.1. The second kappa shape index (κ2) is 10.6. The third-order valence-corrected chi connectivity index (χ3v) is 6.68. The molecule has 0 radical (unpaired) electrons. The van der Waals surface area contributed by atoms with Crippen molar-refractivity contribution in [1.29, 1.82) is 0 Å². The average molecular weight is 512 g/mol. The van der Waals surface area contributed by atoms with Crippen molar-refractivity contribution in [3.8, 4) is 22.3 Å². The van der Waals surface area contributed by atoms with E-state index in [1.54, 1.807) is 37.3 Å². The molecule has 9 heteroatoms. The third kappa shape index (κ3) is 5.36. The second-order valence-corrected chi connectivity index (χ2v) is 9.28. The second-order valence-electron chi connectivity index (χ2n) is 8.33. The zero-order valence-corrected chi connectivity index (χ0v) is 21.2. The van der Waals surface area contributed by atoms with Crippen molar-refractivity contribution in [1.82, 2.24) is 19.7 Å². The van der Waals surface area contributed by atoms with E-state index in [1.165, 1.54) is 16.0 Å². The number of aryl methyl sites for hydroxylation is 1. The first-order chi connectivity index (χ1) is 18.0. The molecular weight excluding hydrogens is 486 g/mol. The first kappa shape index (κ1) is 24.2. The normalized spacial score (nSPS) is 10.9. The summed E-state index contributed by atoms with van der Waals surface area (Å²) < 4.78 is 6.92. The van der Waals surface area contributed by atoms with E-state index in [-0.39, 0.29) is 17.4 Å². The number of nitrogens with one attached hydrogen (secondary N) is 2. The number of anilines is 1. The first-order valence-corrected chi connectivity index (χ1v) is 12.7. The Morgan fingerprint density at radius 1 is 1.08 bits per heavy atom. The van der Waals surface area contributed by atoms with Crippen LogP contribution in [0.1, 0.15) is 34.1 Å². The molecule has 37 heavy (non-hydrogen) atoms. The average Bonchev–Trinajstić information content (AvgIpc) is 3.58. The molecule has 0 spiro atoms. The molecule has 0 saturated heterocycles. The van der Waals surface area contributed by atoms with Crippen molar-refractivity contribution in [2.45, 2.75) is 20.3 Å². The fraction of sp³-hybridized carbons (Fsp3) is 0.143. The van der Waals surface area contributed by atoms with Gasteiger partial charge in [-0.05, 0) is 55.1 Å². The zero-order valence-electron chi connectivity index (χ0n) is 20.4. The van der Waals surface area contributed by atoms with Crippen LogP contribution in [-0.2, 0) is 6.42 Å². The Kier molecular flexibility index (Phi) is 6.96. The van der Waals surface area contributed by atoms with E-state index >= 15 is 0 Å². The minimum Gasteiger partial charge on any atom is -0.494 e. The number of hydrogen-bond acceptors (Lipinski definition) is 6. The van der Waals surface area contributed by atoms with Gasteiger partial charge in [-0.15, -0.1) is 11.3 Å². The summed E-state index contributed by atoms with van der Waals surface area (Å²) in [5, 5.41) is 9.53. The summed E-state index contributed by atoms with van der Waals surface area (Å²) in [6, 6.07) is 22.3. The summed E-state index contributed by atoms with van der Waals surface area (Å²) in [5.41, 5.74) is 3.08. The van der Waals surface area contributed by atoms with Gasteiger partial charge in [0.1, 0.15) is 17.3 Å². The number of thiophene rings is 1. The molecule has 5 aromatic rings. The van der Waals surface area contributed by atoms with Gasteiger partial charge in [0.2, 0.25) is 5.95 Å². The molecule has 186 valence electrons. The van der Waals surface area contributed by atoms with Gasteiger partial charge in [0.15, 0.2) is 0 Å². The van der Waals surface area contributed by atoms with E-state index in [0.717, 1.165) is 10.4 Å². The quantitative estimate of drug-likeness (QED) is 0.297. The van der Waals surface area contributed by atoms with Gasteiger partial charge in [0.05, 0.1) is 17.2 Å². The highest BCUT2D eigenvalue weighted by Crippen LogP contribution is 2.28. The molecular formula is C28H25N5O3S. The van der Waals surface area contributed by atoms with Crippen LogP contribution in [0, 0.1) is 6.92 Å². The summed E-state index contributed by atoms with van der Waals surface area (Å²) >= 11 is 1.53. The maximum absolute atomic E-state index is 13.1. The largest absolute Gasteiger partial charge is 0.494 e. The molecule has 0 unspecified atom stereocenters. The molecule has 2 N–H and O–H groups in total. The lowest BCUT2D eigenvalue weighted by atomic mass is 10.1. The number of carbonyl (C=O) groups excluding carboxylic acids is 1. The van der Waals surface area contributed by atoms with Crippen molar-refractivity contribution >= 4 is 23.1 Å². The molecule has 0 saturated carbocycles. The van der Waals surface area contributed by atoms with Crippen LogP contribution in [0.25, 0.3) is 16.5 Å². The lowest BCUT2D eigenvalue weighted by Crippen LogP contribution is -2.22. The van der Waals surface area contributed by atoms with E-state index in [9.17, 15) is 9.59 Å². The SMILES string of the molecule is CCOc1ccc(C(=O)Nc2cc(-c3cccs3)nn2-c2nc(C)c(Cc3ccccc3)c(=O)[nH]2)cc1. The fourth-order valence-corrected chi connectivity index (χ4v) is 4.62. The third-order valence-electron chi connectivity index (χ3n) is 5.79. The van der Waals surface area contributed by atoms with Crippen LogP contribution < -0.4 is 15.6 Å². The van der Waals surface area contributed by atoms with Gasteiger partial charge in [-0.3, -0.25) is 14.6 Å².